The van der Waals surface area contributed by atoms with E-state index in [1.807, 2.05) is 19.9 Å². The Morgan fingerprint density at radius 3 is 2.19 bits per heavy atom. The molecule has 0 atom stereocenters. The number of carbonyl (C=O) groups excluding carboxylic acids is 2. The van der Waals surface area contributed by atoms with Gasteiger partial charge in [-0.3, -0.25) is 4.79 Å². The molecule has 0 heterocycles. The summed E-state index contributed by atoms with van der Waals surface area (Å²) in [6.45, 7) is 3.83. The Morgan fingerprint density at radius 2 is 1.69 bits per heavy atom. The van der Waals surface area contributed by atoms with Crippen molar-refractivity contribution in [2.75, 3.05) is 5.32 Å². The van der Waals surface area contributed by atoms with Crippen LogP contribution in [0.2, 0.25) is 0 Å². The number of carboxylic acids is 1. The van der Waals surface area contributed by atoms with Crippen molar-refractivity contribution < 1.29 is 14.7 Å². The second-order valence-corrected chi connectivity index (χ2v) is 3.52. The molecule has 1 N–H and O–H groups in total. The largest absolute Gasteiger partial charge is 0.545 e. The molecule has 0 aliphatic heterocycles. The molecular formula is C12H12NO3-. The fourth-order valence-electron chi connectivity index (χ4n) is 1.37. The molecule has 1 aromatic carbocycles. The van der Waals surface area contributed by atoms with Gasteiger partial charge in [0.25, 0.3) is 0 Å². The lowest BCUT2D eigenvalue weighted by molar-refractivity contribution is -0.297. The molecule has 0 saturated heterocycles. The second kappa shape index (κ2) is 5.11. The van der Waals surface area contributed by atoms with Crippen LogP contribution in [0, 0.1) is 13.8 Å². The van der Waals surface area contributed by atoms with Crippen LogP contribution in [0.4, 0.5) is 5.69 Å². The number of benzene rings is 1. The lowest BCUT2D eigenvalue weighted by atomic mass is 10.1. The van der Waals surface area contributed by atoms with Gasteiger partial charge in [0, 0.05) is 11.8 Å². The van der Waals surface area contributed by atoms with Crippen molar-refractivity contribution in [3.05, 3.63) is 41.5 Å². The molecule has 4 nitrogen and oxygen atoms in total. The molecule has 1 amide bonds. The van der Waals surface area contributed by atoms with Crippen LogP contribution < -0.4 is 10.4 Å². The van der Waals surface area contributed by atoms with Crippen molar-refractivity contribution in [1.82, 2.24) is 0 Å². The molecule has 84 valence electrons. The van der Waals surface area contributed by atoms with Gasteiger partial charge in [0.2, 0.25) is 5.91 Å². The number of rotatable bonds is 3. The molecule has 0 saturated carbocycles. The maximum absolute atomic E-state index is 11.3. The molecule has 0 aliphatic carbocycles. The zero-order valence-corrected chi connectivity index (χ0v) is 9.11. The van der Waals surface area contributed by atoms with Gasteiger partial charge in [-0.15, -0.1) is 0 Å². The van der Waals surface area contributed by atoms with Crippen LogP contribution >= 0.6 is 0 Å². The SMILES string of the molecule is Cc1cc(C)cc(NC(=O)/C=C\C(=O)[O-])c1. The third-order valence-corrected chi connectivity index (χ3v) is 1.86. The van der Waals surface area contributed by atoms with Gasteiger partial charge in [0.05, 0.1) is 5.97 Å². The number of carboxylic acid groups (broad SMARTS) is 1. The van der Waals surface area contributed by atoms with Crippen LogP contribution in [0.15, 0.2) is 30.4 Å². The maximum Gasteiger partial charge on any atom is 0.248 e. The second-order valence-electron chi connectivity index (χ2n) is 3.52. The van der Waals surface area contributed by atoms with Crippen LogP contribution in [0.3, 0.4) is 0 Å². The van der Waals surface area contributed by atoms with Crippen LogP contribution in [0.5, 0.6) is 0 Å². The Kier molecular flexibility index (Phi) is 3.83. The molecule has 1 aromatic rings. The summed E-state index contributed by atoms with van der Waals surface area (Å²) in [5.74, 6) is -1.88. The third kappa shape index (κ3) is 3.96. The van der Waals surface area contributed by atoms with Gasteiger partial charge < -0.3 is 15.2 Å². The third-order valence-electron chi connectivity index (χ3n) is 1.86. The predicted octanol–water partition coefficient (Wildman–Crippen LogP) is 0.548. The highest BCUT2D eigenvalue weighted by atomic mass is 16.4. The van der Waals surface area contributed by atoms with Gasteiger partial charge in [-0.1, -0.05) is 6.07 Å². The standard InChI is InChI=1S/C12H13NO3/c1-8-5-9(2)7-10(6-8)13-11(14)3-4-12(15)16/h3-7H,1-2H3,(H,13,14)(H,15,16)/p-1/b4-3-. The number of anilines is 1. The van der Waals surface area contributed by atoms with Gasteiger partial charge in [-0.05, 0) is 43.2 Å². The molecule has 0 radical (unpaired) electrons. The summed E-state index contributed by atoms with van der Waals surface area (Å²) in [4.78, 5) is 21.3. The highest BCUT2D eigenvalue weighted by Crippen LogP contribution is 2.13. The van der Waals surface area contributed by atoms with E-state index in [9.17, 15) is 14.7 Å². The zero-order valence-electron chi connectivity index (χ0n) is 9.11. The number of hydrogen-bond donors (Lipinski definition) is 1. The highest BCUT2D eigenvalue weighted by Gasteiger charge is 1.99. The Labute approximate surface area is 93.6 Å². The number of hydrogen-bond acceptors (Lipinski definition) is 3. The first-order valence-corrected chi connectivity index (χ1v) is 4.76. The Morgan fingerprint density at radius 1 is 1.12 bits per heavy atom. The summed E-state index contributed by atoms with van der Waals surface area (Å²) < 4.78 is 0. The number of aliphatic carboxylic acids is 1. The Bertz CT molecular complexity index is 429. The van der Waals surface area contributed by atoms with E-state index in [1.165, 1.54) is 0 Å². The van der Waals surface area contributed by atoms with Gasteiger partial charge in [-0.2, -0.15) is 0 Å². The zero-order chi connectivity index (χ0) is 12.1. The van der Waals surface area contributed by atoms with Gasteiger partial charge in [-0.25, -0.2) is 0 Å². The van der Waals surface area contributed by atoms with Crippen LogP contribution in [-0.4, -0.2) is 11.9 Å². The first-order valence-electron chi connectivity index (χ1n) is 4.76. The van der Waals surface area contributed by atoms with Gasteiger partial charge in [0.1, 0.15) is 0 Å². The number of amides is 1. The summed E-state index contributed by atoms with van der Waals surface area (Å²) in [6, 6.07) is 5.59. The summed E-state index contributed by atoms with van der Waals surface area (Å²) >= 11 is 0. The molecule has 0 spiro atoms. The summed E-state index contributed by atoms with van der Waals surface area (Å²) in [5.41, 5.74) is 2.70. The van der Waals surface area contributed by atoms with E-state index in [4.69, 9.17) is 0 Å². The summed E-state index contributed by atoms with van der Waals surface area (Å²) in [6.07, 6.45) is 1.62. The van der Waals surface area contributed by atoms with Crippen LogP contribution in [-0.2, 0) is 9.59 Å². The maximum atomic E-state index is 11.3. The van der Waals surface area contributed by atoms with Crippen molar-refractivity contribution >= 4 is 17.6 Å². The molecule has 0 unspecified atom stereocenters. The van der Waals surface area contributed by atoms with Crippen molar-refractivity contribution in [1.29, 1.82) is 0 Å². The van der Waals surface area contributed by atoms with E-state index < -0.39 is 11.9 Å². The average Bonchev–Trinajstić information content (AvgIpc) is 2.12. The molecule has 0 fully saturated rings. The lowest BCUT2D eigenvalue weighted by Crippen LogP contribution is -2.20. The summed E-state index contributed by atoms with van der Waals surface area (Å²) in [7, 11) is 0. The fraction of sp³-hybridized carbons (Fsp3) is 0.167. The molecule has 0 bridgehead atoms. The van der Waals surface area contributed by atoms with E-state index in [0.29, 0.717) is 11.8 Å². The summed E-state index contributed by atoms with van der Waals surface area (Å²) in [5, 5.41) is 12.6. The molecule has 0 aromatic heterocycles. The smallest absolute Gasteiger partial charge is 0.248 e. The topological polar surface area (TPSA) is 69.2 Å². The minimum Gasteiger partial charge on any atom is -0.545 e. The molecule has 4 heteroatoms. The number of aryl methyl sites for hydroxylation is 2. The quantitative estimate of drug-likeness (QED) is 0.753. The van der Waals surface area contributed by atoms with E-state index in [-0.39, 0.29) is 0 Å². The lowest BCUT2D eigenvalue weighted by Gasteiger charge is -2.05. The van der Waals surface area contributed by atoms with Crippen molar-refractivity contribution in [2.45, 2.75) is 13.8 Å². The molecular weight excluding hydrogens is 206 g/mol. The van der Waals surface area contributed by atoms with E-state index in [0.717, 1.165) is 17.2 Å². The highest BCUT2D eigenvalue weighted by molar-refractivity contribution is 6.02. The number of nitrogens with one attached hydrogen (secondary N) is 1. The van der Waals surface area contributed by atoms with Gasteiger partial charge >= 0.3 is 0 Å². The van der Waals surface area contributed by atoms with Crippen molar-refractivity contribution in [3.63, 3.8) is 0 Å². The minimum absolute atomic E-state index is 0.491. The minimum atomic E-state index is -1.39. The van der Waals surface area contributed by atoms with Crippen molar-refractivity contribution in [2.24, 2.45) is 0 Å². The van der Waals surface area contributed by atoms with E-state index in [2.05, 4.69) is 5.32 Å². The molecule has 0 aliphatic rings. The predicted molar refractivity (Wildman–Crippen MR) is 58.7 cm³/mol. The normalized spacial score (nSPS) is 10.4. The fourth-order valence-corrected chi connectivity index (χ4v) is 1.37. The van der Waals surface area contributed by atoms with Gasteiger partial charge in [0.15, 0.2) is 0 Å². The first-order chi connectivity index (χ1) is 7.47. The van der Waals surface area contributed by atoms with E-state index >= 15 is 0 Å². The Balaban J connectivity index is 2.73. The van der Waals surface area contributed by atoms with Crippen LogP contribution in [0.1, 0.15) is 11.1 Å². The van der Waals surface area contributed by atoms with Crippen molar-refractivity contribution in [3.8, 4) is 0 Å². The molecule has 16 heavy (non-hydrogen) atoms. The van der Waals surface area contributed by atoms with E-state index in [1.54, 1.807) is 12.1 Å². The average molecular weight is 218 g/mol. The Hall–Kier alpha value is -2.10. The van der Waals surface area contributed by atoms with Crippen LogP contribution in [0.25, 0.3) is 0 Å². The monoisotopic (exact) mass is 218 g/mol. The molecule has 1 rings (SSSR count). The number of carbonyl (C=O) groups is 2. The first kappa shape index (κ1) is 12.0.